The van der Waals surface area contributed by atoms with E-state index in [4.69, 9.17) is 9.47 Å². The van der Waals surface area contributed by atoms with E-state index in [0.29, 0.717) is 52.2 Å². The molecule has 0 aromatic heterocycles. The highest BCUT2D eigenvalue weighted by Gasteiger charge is 2.41. The summed E-state index contributed by atoms with van der Waals surface area (Å²) in [5.41, 5.74) is -0.750. The van der Waals surface area contributed by atoms with Crippen molar-refractivity contribution in [2.45, 2.75) is 38.6 Å². The second-order valence-corrected chi connectivity index (χ2v) is 4.98. The van der Waals surface area contributed by atoms with Crippen LogP contribution >= 0.6 is 0 Å². The first kappa shape index (κ1) is 16.9. The molecule has 0 unspecified atom stereocenters. The van der Waals surface area contributed by atoms with Crippen molar-refractivity contribution in [2.24, 2.45) is 0 Å². The lowest BCUT2D eigenvalue weighted by Gasteiger charge is -2.33. The zero-order valence-electron chi connectivity index (χ0n) is 12.7. The molecule has 0 saturated carbocycles. The predicted octanol–water partition coefficient (Wildman–Crippen LogP) is 0.557. The molecule has 0 aliphatic carbocycles. The van der Waals surface area contributed by atoms with Gasteiger partial charge in [-0.25, -0.2) is 0 Å². The van der Waals surface area contributed by atoms with Crippen LogP contribution < -0.4 is 5.32 Å². The van der Waals surface area contributed by atoms with E-state index < -0.39 is 5.54 Å². The van der Waals surface area contributed by atoms with Crippen molar-refractivity contribution in [1.29, 1.82) is 0 Å². The van der Waals surface area contributed by atoms with E-state index >= 15 is 0 Å². The fourth-order valence-electron chi connectivity index (χ4n) is 2.39. The Kier molecular flexibility index (Phi) is 6.95. The highest BCUT2D eigenvalue weighted by Crippen LogP contribution is 2.21. The Morgan fingerprint density at radius 1 is 1.20 bits per heavy atom. The Labute approximate surface area is 120 Å². The van der Waals surface area contributed by atoms with Gasteiger partial charge in [-0.1, -0.05) is 13.8 Å². The summed E-state index contributed by atoms with van der Waals surface area (Å²) < 4.78 is 10.3. The molecule has 1 aliphatic heterocycles. The van der Waals surface area contributed by atoms with Crippen molar-refractivity contribution in [3.8, 4) is 0 Å². The van der Waals surface area contributed by atoms with Gasteiger partial charge in [0, 0.05) is 26.6 Å². The number of rotatable bonds is 8. The summed E-state index contributed by atoms with van der Waals surface area (Å²) in [6.45, 7) is 6.36. The van der Waals surface area contributed by atoms with E-state index in [1.165, 1.54) is 0 Å². The standard InChI is InChI=1S/C14H26N2O4/c1-4-14(5-2)13(18)16(7-6-12(17)15-14)8-9-20-11-10-19-3/h4-11H2,1-3H3,(H,15,17). The molecule has 0 bridgehead atoms. The number of nitrogens with one attached hydrogen (secondary N) is 1. The number of carbonyl (C=O) groups excluding carboxylic acids is 2. The van der Waals surface area contributed by atoms with Gasteiger partial charge in [0.15, 0.2) is 0 Å². The molecule has 1 heterocycles. The van der Waals surface area contributed by atoms with Gasteiger partial charge >= 0.3 is 0 Å². The van der Waals surface area contributed by atoms with E-state index in [1.807, 2.05) is 13.8 Å². The summed E-state index contributed by atoms with van der Waals surface area (Å²) >= 11 is 0. The van der Waals surface area contributed by atoms with Gasteiger partial charge in [-0.05, 0) is 12.8 Å². The maximum absolute atomic E-state index is 12.6. The van der Waals surface area contributed by atoms with Gasteiger partial charge in [-0.3, -0.25) is 9.59 Å². The average molecular weight is 286 g/mol. The molecule has 1 saturated heterocycles. The lowest BCUT2D eigenvalue weighted by molar-refractivity contribution is -0.139. The highest BCUT2D eigenvalue weighted by atomic mass is 16.5. The fraction of sp³-hybridized carbons (Fsp3) is 0.857. The summed E-state index contributed by atoms with van der Waals surface area (Å²) in [4.78, 5) is 26.1. The summed E-state index contributed by atoms with van der Waals surface area (Å²) in [7, 11) is 1.62. The van der Waals surface area contributed by atoms with Crippen LogP contribution in [0.15, 0.2) is 0 Å². The van der Waals surface area contributed by atoms with Crippen LogP contribution in [-0.4, -0.2) is 62.3 Å². The van der Waals surface area contributed by atoms with E-state index in [-0.39, 0.29) is 11.8 Å². The quantitative estimate of drug-likeness (QED) is 0.662. The lowest BCUT2D eigenvalue weighted by atomic mass is 9.91. The number of nitrogens with zero attached hydrogens (tertiary/aromatic N) is 1. The zero-order valence-corrected chi connectivity index (χ0v) is 12.7. The maximum atomic E-state index is 12.6. The highest BCUT2D eigenvalue weighted by molar-refractivity contribution is 5.93. The van der Waals surface area contributed by atoms with E-state index in [2.05, 4.69) is 5.32 Å². The molecule has 1 N–H and O–H groups in total. The van der Waals surface area contributed by atoms with E-state index in [1.54, 1.807) is 12.0 Å². The third kappa shape index (κ3) is 4.18. The van der Waals surface area contributed by atoms with Crippen LogP contribution in [-0.2, 0) is 19.1 Å². The number of hydrogen-bond acceptors (Lipinski definition) is 4. The van der Waals surface area contributed by atoms with Gasteiger partial charge in [0.2, 0.25) is 11.8 Å². The molecule has 6 nitrogen and oxygen atoms in total. The van der Waals surface area contributed by atoms with Crippen LogP contribution in [0.3, 0.4) is 0 Å². The first-order valence-electron chi connectivity index (χ1n) is 7.26. The van der Waals surface area contributed by atoms with Gasteiger partial charge in [-0.15, -0.1) is 0 Å². The van der Waals surface area contributed by atoms with E-state index in [9.17, 15) is 9.59 Å². The third-order valence-corrected chi connectivity index (χ3v) is 3.83. The topological polar surface area (TPSA) is 67.9 Å². The first-order chi connectivity index (χ1) is 9.59. The summed E-state index contributed by atoms with van der Waals surface area (Å²) in [5.74, 6) is -0.0476. The number of carbonyl (C=O) groups is 2. The summed E-state index contributed by atoms with van der Waals surface area (Å²) in [6.07, 6.45) is 1.57. The smallest absolute Gasteiger partial charge is 0.248 e. The Balaban J connectivity index is 2.61. The van der Waals surface area contributed by atoms with Crippen LogP contribution in [0.4, 0.5) is 0 Å². The molecule has 1 fully saturated rings. The second-order valence-electron chi connectivity index (χ2n) is 4.98. The molecular formula is C14H26N2O4. The molecule has 6 heteroatoms. The SMILES string of the molecule is CCC1(CC)NC(=O)CCN(CCOCCOC)C1=O. The number of hydrogen-bond donors (Lipinski definition) is 1. The van der Waals surface area contributed by atoms with Crippen molar-refractivity contribution < 1.29 is 19.1 Å². The van der Waals surface area contributed by atoms with Crippen LogP contribution in [0.1, 0.15) is 33.1 Å². The molecule has 0 atom stereocenters. The van der Waals surface area contributed by atoms with Gasteiger partial charge in [0.05, 0.1) is 19.8 Å². The van der Waals surface area contributed by atoms with Crippen molar-refractivity contribution in [2.75, 3.05) is 40.0 Å². The average Bonchev–Trinajstić information content (AvgIpc) is 2.58. The van der Waals surface area contributed by atoms with Crippen LogP contribution in [0.25, 0.3) is 0 Å². The van der Waals surface area contributed by atoms with Gasteiger partial charge in [0.1, 0.15) is 5.54 Å². The van der Waals surface area contributed by atoms with Gasteiger partial charge < -0.3 is 19.7 Å². The Morgan fingerprint density at radius 2 is 1.90 bits per heavy atom. The summed E-state index contributed by atoms with van der Waals surface area (Å²) in [6, 6.07) is 0. The van der Waals surface area contributed by atoms with Crippen molar-refractivity contribution >= 4 is 11.8 Å². The number of ether oxygens (including phenoxy) is 2. The van der Waals surface area contributed by atoms with E-state index in [0.717, 1.165) is 0 Å². The van der Waals surface area contributed by atoms with Gasteiger partial charge in [-0.2, -0.15) is 0 Å². The molecular weight excluding hydrogens is 260 g/mol. The third-order valence-electron chi connectivity index (χ3n) is 3.83. The van der Waals surface area contributed by atoms with Crippen LogP contribution in [0, 0.1) is 0 Å². The number of amides is 2. The molecule has 2 amide bonds. The molecule has 0 aromatic carbocycles. The Morgan fingerprint density at radius 3 is 2.50 bits per heavy atom. The van der Waals surface area contributed by atoms with Crippen LogP contribution in [0.2, 0.25) is 0 Å². The molecule has 0 radical (unpaired) electrons. The monoisotopic (exact) mass is 286 g/mol. The molecule has 1 rings (SSSR count). The second kappa shape index (κ2) is 8.21. The minimum absolute atomic E-state index is 0.00342. The van der Waals surface area contributed by atoms with Crippen molar-refractivity contribution in [3.05, 3.63) is 0 Å². The van der Waals surface area contributed by atoms with Crippen molar-refractivity contribution in [1.82, 2.24) is 10.2 Å². The minimum Gasteiger partial charge on any atom is -0.382 e. The first-order valence-corrected chi connectivity index (χ1v) is 7.26. The number of methoxy groups -OCH3 is 1. The maximum Gasteiger partial charge on any atom is 0.248 e. The van der Waals surface area contributed by atoms with Crippen molar-refractivity contribution in [3.63, 3.8) is 0 Å². The molecule has 0 aromatic rings. The lowest BCUT2D eigenvalue weighted by Crippen LogP contribution is -2.56. The largest absolute Gasteiger partial charge is 0.382 e. The zero-order chi connectivity index (χ0) is 15.0. The van der Waals surface area contributed by atoms with Crippen LogP contribution in [0.5, 0.6) is 0 Å². The molecule has 1 aliphatic rings. The molecule has 20 heavy (non-hydrogen) atoms. The van der Waals surface area contributed by atoms with Gasteiger partial charge in [0.25, 0.3) is 0 Å². The minimum atomic E-state index is -0.750. The Hall–Kier alpha value is -1.14. The molecule has 116 valence electrons. The molecule has 0 spiro atoms. The predicted molar refractivity (Wildman–Crippen MR) is 75.3 cm³/mol. The normalized spacial score (nSPS) is 18.9. The summed E-state index contributed by atoms with van der Waals surface area (Å²) in [5, 5.41) is 2.89. The Bertz CT molecular complexity index is 329. The fourth-order valence-corrected chi connectivity index (χ4v) is 2.39.